The summed E-state index contributed by atoms with van der Waals surface area (Å²) in [6.45, 7) is 5.94. The molecule has 2 fully saturated rings. The predicted molar refractivity (Wildman–Crippen MR) is 128 cm³/mol. The molecule has 184 valence electrons. The smallest absolute Gasteiger partial charge is 0.295 e. The standard InChI is InChI=1S/C27H29FN2O5/c1-17-15-19-16-18(7-8-22(19)35-17)25(31)23-24(20-5-2-3-6-21(20)28)30(27(33)26(23)32)10-4-9-29-11-13-34-14-12-29/h2-3,5-8,16-17,24,31H,4,9-15H2,1H3/b25-23+/t17-,24-/m1/s1. The Labute approximate surface area is 203 Å². The highest BCUT2D eigenvalue weighted by atomic mass is 19.1. The highest BCUT2D eigenvalue weighted by Crippen LogP contribution is 2.41. The monoisotopic (exact) mass is 480 g/mol. The number of Topliss-reactive ketones (excluding diaryl/α,β-unsaturated/α-hetero) is 1. The van der Waals surface area contributed by atoms with Gasteiger partial charge in [0.1, 0.15) is 23.4 Å². The number of fused-ring (bicyclic) bond motifs is 1. The minimum Gasteiger partial charge on any atom is -0.507 e. The summed E-state index contributed by atoms with van der Waals surface area (Å²) in [7, 11) is 0. The van der Waals surface area contributed by atoms with Crippen LogP contribution in [0, 0.1) is 5.82 Å². The first kappa shape index (κ1) is 23.5. The number of ketones is 1. The maximum absolute atomic E-state index is 15.0. The van der Waals surface area contributed by atoms with Crippen LogP contribution in [0.4, 0.5) is 4.39 Å². The van der Waals surface area contributed by atoms with E-state index in [2.05, 4.69) is 4.90 Å². The van der Waals surface area contributed by atoms with E-state index in [1.165, 1.54) is 11.0 Å². The number of carbonyl (C=O) groups is 2. The predicted octanol–water partition coefficient (Wildman–Crippen LogP) is 3.29. The molecule has 1 amide bonds. The number of ether oxygens (including phenoxy) is 2. The van der Waals surface area contributed by atoms with Gasteiger partial charge in [-0.15, -0.1) is 0 Å². The average Bonchev–Trinajstić information content (AvgIpc) is 3.35. The fourth-order valence-electron chi connectivity index (χ4n) is 5.15. The molecule has 3 heterocycles. The number of hydrogen-bond acceptors (Lipinski definition) is 6. The lowest BCUT2D eigenvalue weighted by Crippen LogP contribution is -2.39. The third-order valence-electron chi connectivity index (χ3n) is 6.89. The Morgan fingerprint density at radius 3 is 2.66 bits per heavy atom. The summed E-state index contributed by atoms with van der Waals surface area (Å²) in [6, 6.07) is 10.3. The number of likely N-dealkylation sites (tertiary alicyclic amines) is 1. The van der Waals surface area contributed by atoms with Crippen molar-refractivity contribution in [3.63, 3.8) is 0 Å². The van der Waals surface area contributed by atoms with Gasteiger partial charge in [0.25, 0.3) is 11.7 Å². The van der Waals surface area contributed by atoms with Crippen molar-refractivity contribution in [3.8, 4) is 5.75 Å². The molecule has 0 saturated carbocycles. The van der Waals surface area contributed by atoms with E-state index < -0.39 is 23.5 Å². The SMILES string of the molecule is C[C@@H]1Cc2cc(/C(O)=C3\C(=O)C(=O)N(CCCN4CCOCC4)[C@@H]3c3ccccc3F)ccc2O1. The normalized spacial score (nSPS) is 24.0. The van der Waals surface area contributed by atoms with Gasteiger partial charge in [-0.05, 0) is 43.2 Å². The number of rotatable bonds is 6. The van der Waals surface area contributed by atoms with Crippen molar-refractivity contribution in [2.45, 2.75) is 31.9 Å². The fraction of sp³-hybridized carbons (Fsp3) is 0.407. The summed E-state index contributed by atoms with van der Waals surface area (Å²) in [5, 5.41) is 11.3. The Hall–Kier alpha value is -3.23. The Kier molecular flexibility index (Phi) is 6.58. The Bertz CT molecular complexity index is 1170. The number of hydrogen-bond donors (Lipinski definition) is 1. The van der Waals surface area contributed by atoms with Crippen molar-refractivity contribution in [3.05, 3.63) is 70.5 Å². The van der Waals surface area contributed by atoms with E-state index >= 15 is 0 Å². The molecule has 5 rings (SSSR count). The molecule has 3 aliphatic heterocycles. The van der Waals surface area contributed by atoms with Crippen LogP contribution in [0.15, 0.2) is 48.0 Å². The van der Waals surface area contributed by atoms with E-state index in [4.69, 9.17) is 9.47 Å². The molecule has 7 nitrogen and oxygen atoms in total. The highest BCUT2D eigenvalue weighted by Gasteiger charge is 2.46. The molecule has 0 bridgehead atoms. The van der Waals surface area contributed by atoms with Crippen LogP contribution in [0.3, 0.4) is 0 Å². The van der Waals surface area contributed by atoms with Crippen molar-refractivity contribution in [2.24, 2.45) is 0 Å². The molecule has 2 aromatic rings. The summed E-state index contributed by atoms with van der Waals surface area (Å²) in [4.78, 5) is 29.9. The van der Waals surface area contributed by atoms with E-state index in [0.29, 0.717) is 31.6 Å². The molecule has 0 unspecified atom stereocenters. The van der Waals surface area contributed by atoms with Gasteiger partial charge in [-0.1, -0.05) is 18.2 Å². The van der Waals surface area contributed by atoms with E-state index in [0.717, 1.165) is 30.9 Å². The number of benzene rings is 2. The molecular formula is C27H29FN2O5. The lowest BCUT2D eigenvalue weighted by molar-refractivity contribution is -0.140. The average molecular weight is 481 g/mol. The molecule has 8 heteroatoms. The number of aliphatic hydroxyl groups is 1. The van der Waals surface area contributed by atoms with Gasteiger partial charge >= 0.3 is 0 Å². The summed E-state index contributed by atoms with van der Waals surface area (Å²) in [6.07, 6.45) is 1.33. The van der Waals surface area contributed by atoms with Crippen molar-refractivity contribution in [1.29, 1.82) is 0 Å². The van der Waals surface area contributed by atoms with Crippen molar-refractivity contribution < 1.29 is 28.6 Å². The van der Waals surface area contributed by atoms with Crippen LogP contribution in [0.2, 0.25) is 0 Å². The molecule has 2 saturated heterocycles. The van der Waals surface area contributed by atoms with Crippen molar-refractivity contribution in [1.82, 2.24) is 9.80 Å². The van der Waals surface area contributed by atoms with Gasteiger partial charge in [0.15, 0.2) is 0 Å². The summed E-state index contributed by atoms with van der Waals surface area (Å²) in [5.74, 6) is -1.61. The molecule has 2 atom stereocenters. The van der Waals surface area contributed by atoms with Crippen LogP contribution >= 0.6 is 0 Å². The lowest BCUT2D eigenvalue weighted by Gasteiger charge is -2.29. The molecule has 3 aliphatic rings. The van der Waals surface area contributed by atoms with Crippen LogP contribution in [-0.4, -0.2) is 72.1 Å². The van der Waals surface area contributed by atoms with E-state index in [1.807, 2.05) is 6.92 Å². The van der Waals surface area contributed by atoms with E-state index in [9.17, 15) is 19.1 Å². The minimum atomic E-state index is -0.996. The third kappa shape index (κ3) is 4.56. The minimum absolute atomic E-state index is 0.0258. The topological polar surface area (TPSA) is 79.3 Å². The molecular weight excluding hydrogens is 451 g/mol. The zero-order valence-corrected chi connectivity index (χ0v) is 19.7. The van der Waals surface area contributed by atoms with E-state index in [-0.39, 0.29) is 29.5 Å². The third-order valence-corrected chi connectivity index (χ3v) is 6.89. The number of amides is 1. The summed E-state index contributed by atoms with van der Waals surface area (Å²) >= 11 is 0. The van der Waals surface area contributed by atoms with Gasteiger partial charge in [0, 0.05) is 43.7 Å². The first-order valence-corrected chi connectivity index (χ1v) is 12.1. The molecule has 0 aromatic heterocycles. The zero-order valence-electron chi connectivity index (χ0n) is 19.7. The van der Waals surface area contributed by atoms with Gasteiger partial charge in [-0.2, -0.15) is 0 Å². The molecule has 0 radical (unpaired) electrons. The number of halogens is 1. The Balaban J connectivity index is 1.49. The van der Waals surface area contributed by atoms with Gasteiger partial charge in [0.2, 0.25) is 0 Å². The zero-order chi connectivity index (χ0) is 24.5. The molecule has 1 N–H and O–H groups in total. The quantitative estimate of drug-likeness (QED) is 0.388. The Morgan fingerprint density at radius 2 is 1.89 bits per heavy atom. The number of carbonyl (C=O) groups excluding carboxylic acids is 2. The maximum Gasteiger partial charge on any atom is 0.295 e. The number of aliphatic hydroxyl groups excluding tert-OH is 1. The van der Waals surface area contributed by atoms with Crippen LogP contribution in [-0.2, 0) is 20.7 Å². The van der Waals surface area contributed by atoms with Gasteiger partial charge in [0.05, 0.1) is 24.8 Å². The van der Waals surface area contributed by atoms with Gasteiger partial charge in [-0.25, -0.2) is 4.39 Å². The van der Waals surface area contributed by atoms with E-state index in [1.54, 1.807) is 36.4 Å². The van der Waals surface area contributed by atoms with Crippen molar-refractivity contribution in [2.75, 3.05) is 39.4 Å². The second kappa shape index (κ2) is 9.79. The second-order valence-corrected chi connectivity index (χ2v) is 9.28. The first-order valence-electron chi connectivity index (χ1n) is 12.1. The fourth-order valence-corrected chi connectivity index (χ4v) is 5.15. The molecule has 35 heavy (non-hydrogen) atoms. The van der Waals surface area contributed by atoms with Crippen LogP contribution < -0.4 is 4.74 Å². The number of morpholine rings is 1. The van der Waals surface area contributed by atoms with Gasteiger partial charge in [-0.3, -0.25) is 14.5 Å². The summed E-state index contributed by atoms with van der Waals surface area (Å²) < 4.78 is 26.1. The molecule has 2 aromatic carbocycles. The first-order chi connectivity index (χ1) is 16.9. The van der Waals surface area contributed by atoms with Gasteiger partial charge < -0.3 is 19.5 Å². The highest BCUT2D eigenvalue weighted by molar-refractivity contribution is 6.46. The Morgan fingerprint density at radius 1 is 1.11 bits per heavy atom. The van der Waals surface area contributed by atoms with Crippen LogP contribution in [0.1, 0.15) is 36.1 Å². The molecule has 0 spiro atoms. The number of nitrogens with zero attached hydrogens (tertiary/aromatic N) is 2. The van der Waals surface area contributed by atoms with Crippen LogP contribution in [0.5, 0.6) is 5.75 Å². The summed E-state index contributed by atoms with van der Waals surface area (Å²) in [5.41, 5.74) is 1.44. The second-order valence-electron chi connectivity index (χ2n) is 9.28. The van der Waals surface area contributed by atoms with Crippen molar-refractivity contribution >= 4 is 17.4 Å². The largest absolute Gasteiger partial charge is 0.507 e. The van der Waals surface area contributed by atoms with Crippen LogP contribution in [0.25, 0.3) is 5.76 Å². The maximum atomic E-state index is 15.0. The lowest BCUT2D eigenvalue weighted by atomic mass is 9.94. The molecule has 0 aliphatic carbocycles.